The van der Waals surface area contributed by atoms with Gasteiger partial charge in [0.2, 0.25) is 0 Å². The van der Waals surface area contributed by atoms with Crippen LogP contribution in [0.3, 0.4) is 0 Å². The summed E-state index contributed by atoms with van der Waals surface area (Å²) in [4.78, 5) is 10.7. The molecule has 100 valence electrons. The predicted molar refractivity (Wildman–Crippen MR) is 69.3 cm³/mol. The Balaban J connectivity index is 1.57. The summed E-state index contributed by atoms with van der Waals surface area (Å²) in [5.74, 6) is 3.51. The molecule has 0 atom stereocenters. The summed E-state index contributed by atoms with van der Waals surface area (Å²) in [6.07, 6.45) is 7.09. The number of hydrazone groups is 1. The number of carboxylic acids is 1. The number of carboxylic acid groups (broad SMARTS) is 1. The molecule has 18 heavy (non-hydrogen) atoms. The lowest BCUT2D eigenvalue weighted by Gasteiger charge is -2.54. The van der Waals surface area contributed by atoms with Gasteiger partial charge in [-0.1, -0.05) is 0 Å². The topological polar surface area (TPSA) is 61.7 Å². The molecule has 4 saturated carbocycles. The first-order chi connectivity index (χ1) is 8.63. The highest BCUT2D eigenvalue weighted by Gasteiger charge is 2.47. The molecule has 0 radical (unpaired) electrons. The van der Waals surface area contributed by atoms with E-state index in [2.05, 4.69) is 10.5 Å². The van der Waals surface area contributed by atoms with E-state index < -0.39 is 5.97 Å². The largest absolute Gasteiger partial charge is 0.477 e. The minimum absolute atomic E-state index is 0.152. The van der Waals surface area contributed by atoms with Gasteiger partial charge in [0.1, 0.15) is 5.71 Å². The van der Waals surface area contributed by atoms with Gasteiger partial charge in [0, 0.05) is 6.54 Å². The van der Waals surface area contributed by atoms with Gasteiger partial charge in [0.25, 0.3) is 0 Å². The number of carbonyl (C=O) groups is 1. The van der Waals surface area contributed by atoms with Crippen molar-refractivity contribution in [3.63, 3.8) is 0 Å². The van der Waals surface area contributed by atoms with E-state index in [1.807, 2.05) is 0 Å². The van der Waals surface area contributed by atoms with E-state index in [4.69, 9.17) is 5.11 Å². The van der Waals surface area contributed by atoms with Crippen molar-refractivity contribution in [3.05, 3.63) is 0 Å². The third-order valence-electron chi connectivity index (χ3n) is 5.31. The Bertz CT molecular complexity index is 350. The quantitative estimate of drug-likeness (QED) is 0.593. The smallest absolute Gasteiger partial charge is 0.351 e. The minimum atomic E-state index is -0.937. The highest BCUT2D eigenvalue weighted by molar-refractivity contribution is 6.34. The molecule has 4 heteroatoms. The molecule has 0 heterocycles. The number of nitrogens with one attached hydrogen (secondary N) is 1. The lowest BCUT2D eigenvalue weighted by atomic mass is 9.52. The van der Waals surface area contributed by atoms with E-state index in [1.165, 1.54) is 39.0 Å². The zero-order valence-corrected chi connectivity index (χ0v) is 10.9. The van der Waals surface area contributed by atoms with Crippen molar-refractivity contribution in [3.8, 4) is 0 Å². The van der Waals surface area contributed by atoms with E-state index in [0.717, 1.165) is 36.1 Å². The molecule has 0 amide bonds. The maximum absolute atomic E-state index is 10.7. The Kier molecular flexibility index (Phi) is 3.04. The predicted octanol–water partition coefficient (Wildman–Crippen LogP) is 2.11. The number of hydrogen-bond acceptors (Lipinski definition) is 3. The second kappa shape index (κ2) is 4.56. The van der Waals surface area contributed by atoms with E-state index in [-0.39, 0.29) is 5.71 Å². The molecule has 0 aromatic rings. The van der Waals surface area contributed by atoms with Gasteiger partial charge in [0.15, 0.2) is 0 Å². The second-order valence-electron chi connectivity index (χ2n) is 6.46. The first-order valence-electron chi connectivity index (χ1n) is 7.14. The van der Waals surface area contributed by atoms with Crippen LogP contribution in [0.15, 0.2) is 5.10 Å². The Labute approximate surface area is 108 Å². The van der Waals surface area contributed by atoms with E-state index in [9.17, 15) is 4.79 Å². The minimum Gasteiger partial charge on any atom is -0.477 e. The average Bonchev–Trinajstić information content (AvgIpc) is 2.31. The van der Waals surface area contributed by atoms with Crippen LogP contribution in [0.2, 0.25) is 0 Å². The van der Waals surface area contributed by atoms with Crippen LogP contribution in [-0.2, 0) is 4.79 Å². The molecule has 0 aromatic heterocycles. The number of aliphatic carboxylic acids is 1. The summed E-state index contributed by atoms with van der Waals surface area (Å²) in [5.41, 5.74) is 3.15. The maximum atomic E-state index is 10.7. The van der Waals surface area contributed by atoms with Gasteiger partial charge in [-0.25, -0.2) is 4.79 Å². The molecule has 0 aliphatic heterocycles. The number of hydrogen-bond donors (Lipinski definition) is 2. The molecular weight excluding hydrogens is 228 g/mol. The fourth-order valence-corrected chi connectivity index (χ4v) is 4.69. The molecule has 4 rings (SSSR count). The van der Waals surface area contributed by atoms with Gasteiger partial charge in [0.05, 0.1) is 0 Å². The van der Waals surface area contributed by atoms with Gasteiger partial charge in [-0.05, 0) is 68.6 Å². The normalized spacial score (nSPS) is 42.1. The Hall–Kier alpha value is -1.06. The molecule has 4 aliphatic rings. The van der Waals surface area contributed by atoms with E-state index in [0.29, 0.717) is 0 Å². The van der Waals surface area contributed by atoms with Gasteiger partial charge < -0.3 is 10.5 Å². The van der Waals surface area contributed by atoms with E-state index >= 15 is 0 Å². The fraction of sp³-hybridized carbons (Fsp3) is 0.857. The standard InChI is InChI=1S/C14H22N2O2/c1-8(14(17)18)16-15-7-13-11-3-9-2-10(5-11)6-12(13)4-9/h9-13,15H,2-7H2,1H3,(H,17,18)/b16-8+. The maximum Gasteiger partial charge on any atom is 0.351 e. The van der Waals surface area contributed by atoms with Gasteiger partial charge in [-0.15, -0.1) is 0 Å². The van der Waals surface area contributed by atoms with Crippen LogP contribution in [0.5, 0.6) is 0 Å². The summed E-state index contributed by atoms with van der Waals surface area (Å²) in [6, 6.07) is 0. The Morgan fingerprint density at radius 1 is 1.17 bits per heavy atom. The Morgan fingerprint density at radius 3 is 2.22 bits per heavy atom. The van der Waals surface area contributed by atoms with Gasteiger partial charge in [-0.2, -0.15) is 5.10 Å². The van der Waals surface area contributed by atoms with Crippen LogP contribution in [0.4, 0.5) is 0 Å². The summed E-state index contributed by atoms with van der Waals surface area (Å²) in [7, 11) is 0. The average molecular weight is 250 g/mol. The van der Waals surface area contributed by atoms with Crippen molar-refractivity contribution in [2.24, 2.45) is 34.7 Å². The molecular formula is C14H22N2O2. The molecule has 2 N–H and O–H groups in total. The fourth-order valence-electron chi connectivity index (χ4n) is 4.69. The van der Waals surface area contributed by atoms with Crippen LogP contribution < -0.4 is 5.43 Å². The first kappa shape index (κ1) is 12.0. The van der Waals surface area contributed by atoms with Crippen molar-refractivity contribution >= 4 is 11.7 Å². The zero-order valence-electron chi connectivity index (χ0n) is 10.9. The van der Waals surface area contributed by atoms with Crippen LogP contribution in [0.25, 0.3) is 0 Å². The van der Waals surface area contributed by atoms with Gasteiger partial charge >= 0.3 is 5.97 Å². The highest BCUT2D eigenvalue weighted by atomic mass is 16.4. The monoisotopic (exact) mass is 250 g/mol. The third-order valence-corrected chi connectivity index (χ3v) is 5.31. The number of rotatable bonds is 4. The molecule has 4 fully saturated rings. The first-order valence-corrected chi connectivity index (χ1v) is 7.14. The number of nitrogens with zero attached hydrogens (tertiary/aromatic N) is 1. The molecule has 0 saturated heterocycles. The highest BCUT2D eigenvalue weighted by Crippen LogP contribution is 2.56. The van der Waals surface area contributed by atoms with Crippen LogP contribution in [-0.4, -0.2) is 23.3 Å². The lowest BCUT2D eigenvalue weighted by Crippen LogP contribution is -2.48. The van der Waals surface area contributed by atoms with Crippen molar-refractivity contribution in [2.75, 3.05) is 6.54 Å². The summed E-state index contributed by atoms with van der Waals surface area (Å²) >= 11 is 0. The molecule has 4 nitrogen and oxygen atoms in total. The second-order valence-corrected chi connectivity index (χ2v) is 6.46. The summed E-state index contributed by atoms with van der Waals surface area (Å²) < 4.78 is 0. The molecule has 0 spiro atoms. The summed E-state index contributed by atoms with van der Waals surface area (Å²) in [5, 5.41) is 12.7. The van der Waals surface area contributed by atoms with E-state index in [1.54, 1.807) is 0 Å². The molecule has 4 aliphatic carbocycles. The zero-order chi connectivity index (χ0) is 12.7. The van der Waals surface area contributed by atoms with Crippen LogP contribution in [0, 0.1) is 29.6 Å². The van der Waals surface area contributed by atoms with Crippen molar-refractivity contribution in [2.45, 2.75) is 39.0 Å². The Morgan fingerprint density at radius 2 is 1.72 bits per heavy atom. The lowest BCUT2D eigenvalue weighted by molar-refractivity contribution is -0.129. The summed E-state index contributed by atoms with van der Waals surface area (Å²) in [6.45, 7) is 2.39. The SMILES string of the molecule is C/C(=N\NCC1C2CC3CC(C2)CC1C3)C(=O)O. The van der Waals surface area contributed by atoms with Gasteiger partial charge in [-0.3, -0.25) is 0 Å². The van der Waals surface area contributed by atoms with Crippen LogP contribution >= 0.6 is 0 Å². The molecule has 0 unspecified atom stereocenters. The molecule has 0 aromatic carbocycles. The van der Waals surface area contributed by atoms with Crippen LogP contribution in [0.1, 0.15) is 39.0 Å². The van der Waals surface area contributed by atoms with Crippen molar-refractivity contribution < 1.29 is 9.90 Å². The van der Waals surface area contributed by atoms with Crippen molar-refractivity contribution in [1.29, 1.82) is 0 Å². The van der Waals surface area contributed by atoms with Crippen molar-refractivity contribution in [1.82, 2.24) is 5.43 Å². The third kappa shape index (κ3) is 2.13. The molecule has 4 bridgehead atoms.